The Kier molecular flexibility index (Phi) is 4.13. The van der Waals surface area contributed by atoms with Gasteiger partial charge >= 0.3 is 5.97 Å². The second-order valence-corrected chi connectivity index (χ2v) is 4.51. The Morgan fingerprint density at radius 1 is 1.58 bits per heavy atom. The van der Waals surface area contributed by atoms with Crippen LogP contribution in [0.25, 0.3) is 0 Å². The highest BCUT2D eigenvalue weighted by molar-refractivity contribution is 5.87. The van der Waals surface area contributed by atoms with Gasteiger partial charge in [0.1, 0.15) is 6.04 Å². The number of rotatable bonds is 5. The lowest BCUT2D eigenvalue weighted by Crippen LogP contribution is -2.49. The average Bonchev–Trinajstić information content (AvgIpc) is 2.99. The first-order valence-electron chi connectivity index (χ1n) is 5.98. The van der Waals surface area contributed by atoms with E-state index in [4.69, 9.17) is 5.11 Å². The summed E-state index contributed by atoms with van der Waals surface area (Å²) in [6.45, 7) is 0.342. The number of H-pyrrole nitrogens is 1. The minimum Gasteiger partial charge on any atom is -0.480 e. The predicted octanol–water partition coefficient (Wildman–Crippen LogP) is -1.76. The van der Waals surface area contributed by atoms with Gasteiger partial charge in [-0.1, -0.05) is 0 Å². The van der Waals surface area contributed by atoms with Crippen molar-refractivity contribution in [1.29, 1.82) is 0 Å². The number of aliphatic hydroxyl groups excluding tert-OH is 1. The van der Waals surface area contributed by atoms with Crippen LogP contribution in [0.5, 0.6) is 0 Å². The first-order valence-corrected chi connectivity index (χ1v) is 5.98. The molecule has 1 saturated heterocycles. The van der Waals surface area contributed by atoms with Crippen molar-refractivity contribution < 1.29 is 19.8 Å². The molecule has 1 aromatic rings. The smallest absolute Gasteiger partial charge is 0.326 e. The lowest BCUT2D eigenvalue weighted by Gasteiger charge is -2.16. The molecule has 5 N–H and O–H groups in total. The molecule has 1 fully saturated rings. The molecule has 0 radical (unpaired) electrons. The van der Waals surface area contributed by atoms with Crippen molar-refractivity contribution in [3.8, 4) is 0 Å². The number of carboxylic acids is 1. The van der Waals surface area contributed by atoms with E-state index in [2.05, 4.69) is 20.6 Å². The zero-order valence-electron chi connectivity index (χ0n) is 10.2. The summed E-state index contributed by atoms with van der Waals surface area (Å²) in [6.07, 6.45) is 2.87. The standard InChI is InChI=1S/C11H16N4O4/c16-7-2-8(13-4-7)10(17)15-9(11(18)19)1-6-3-12-5-14-6/h3,5,7-9,13,16H,1-2,4H2,(H,12,14)(H,15,17)(H,18,19)/t7-,8+,9+/m1/s1. The maximum absolute atomic E-state index is 11.9. The molecule has 2 heterocycles. The fourth-order valence-electron chi connectivity index (χ4n) is 2.00. The molecule has 19 heavy (non-hydrogen) atoms. The van der Waals surface area contributed by atoms with Gasteiger partial charge in [0.05, 0.1) is 24.2 Å². The van der Waals surface area contributed by atoms with E-state index in [1.54, 1.807) is 6.20 Å². The second-order valence-electron chi connectivity index (χ2n) is 4.51. The number of imidazole rings is 1. The van der Waals surface area contributed by atoms with Crippen LogP contribution in [-0.4, -0.2) is 56.8 Å². The Labute approximate surface area is 109 Å². The van der Waals surface area contributed by atoms with Gasteiger partial charge < -0.3 is 25.8 Å². The number of hydrogen-bond acceptors (Lipinski definition) is 5. The molecule has 1 amide bonds. The number of carbonyl (C=O) groups is 2. The average molecular weight is 268 g/mol. The molecule has 8 nitrogen and oxygen atoms in total. The summed E-state index contributed by atoms with van der Waals surface area (Å²) in [5.74, 6) is -1.53. The van der Waals surface area contributed by atoms with Gasteiger partial charge in [-0.15, -0.1) is 0 Å². The van der Waals surface area contributed by atoms with E-state index in [-0.39, 0.29) is 6.42 Å². The molecule has 0 aromatic carbocycles. The van der Waals surface area contributed by atoms with Gasteiger partial charge in [0.2, 0.25) is 5.91 Å². The molecule has 0 saturated carbocycles. The molecule has 0 spiro atoms. The van der Waals surface area contributed by atoms with Crippen molar-refractivity contribution in [2.24, 2.45) is 0 Å². The largest absolute Gasteiger partial charge is 0.480 e. The number of aromatic nitrogens is 2. The zero-order valence-corrected chi connectivity index (χ0v) is 10.2. The van der Waals surface area contributed by atoms with Crippen LogP contribution in [0.4, 0.5) is 0 Å². The molecule has 104 valence electrons. The number of β-amino-alcohol motifs (C(OH)–C–C–N with tert-alkyl or cyclic N) is 1. The normalized spacial score (nSPS) is 24.1. The molecule has 1 aliphatic heterocycles. The van der Waals surface area contributed by atoms with Gasteiger partial charge in [0.25, 0.3) is 0 Å². The van der Waals surface area contributed by atoms with Crippen molar-refractivity contribution in [3.05, 3.63) is 18.2 Å². The number of hydrogen-bond donors (Lipinski definition) is 5. The summed E-state index contributed by atoms with van der Waals surface area (Å²) in [5, 5.41) is 23.7. The predicted molar refractivity (Wildman–Crippen MR) is 64.3 cm³/mol. The van der Waals surface area contributed by atoms with E-state index in [9.17, 15) is 14.7 Å². The van der Waals surface area contributed by atoms with Crippen LogP contribution in [0.1, 0.15) is 12.1 Å². The van der Waals surface area contributed by atoms with Gasteiger partial charge in [-0.25, -0.2) is 9.78 Å². The van der Waals surface area contributed by atoms with Crippen LogP contribution in [0.2, 0.25) is 0 Å². The highest BCUT2D eigenvalue weighted by atomic mass is 16.4. The molecule has 1 aliphatic rings. The van der Waals surface area contributed by atoms with Crippen LogP contribution < -0.4 is 10.6 Å². The fourth-order valence-corrected chi connectivity index (χ4v) is 2.00. The van der Waals surface area contributed by atoms with E-state index in [1.807, 2.05) is 0 Å². The highest BCUT2D eigenvalue weighted by Crippen LogP contribution is 2.07. The first kappa shape index (κ1) is 13.5. The Balaban J connectivity index is 1.93. The van der Waals surface area contributed by atoms with Crippen LogP contribution in [0.3, 0.4) is 0 Å². The maximum atomic E-state index is 11.9. The lowest BCUT2D eigenvalue weighted by molar-refractivity contribution is -0.142. The van der Waals surface area contributed by atoms with Gasteiger partial charge in [-0.3, -0.25) is 4.79 Å². The molecular formula is C11H16N4O4. The Bertz CT molecular complexity index is 448. The number of aromatic amines is 1. The van der Waals surface area contributed by atoms with Crippen molar-refractivity contribution in [2.75, 3.05) is 6.54 Å². The molecular weight excluding hydrogens is 252 g/mol. The maximum Gasteiger partial charge on any atom is 0.326 e. The summed E-state index contributed by atoms with van der Waals surface area (Å²) in [5.41, 5.74) is 0.562. The van der Waals surface area contributed by atoms with Gasteiger partial charge in [0, 0.05) is 19.2 Å². The van der Waals surface area contributed by atoms with Gasteiger partial charge in [0.15, 0.2) is 0 Å². The zero-order chi connectivity index (χ0) is 13.8. The number of nitrogens with zero attached hydrogens (tertiary/aromatic N) is 1. The minimum atomic E-state index is -1.12. The van der Waals surface area contributed by atoms with Gasteiger partial charge in [-0.2, -0.15) is 0 Å². The molecule has 0 aliphatic carbocycles. The molecule has 0 unspecified atom stereocenters. The van der Waals surface area contributed by atoms with Crippen molar-refractivity contribution in [3.63, 3.8) is 0 Å². The fraction of sp³-hybridized carbons (Fsp3) is 0.545. The number of carbonyl (C=O) groups excluding carboxylic acids is 1. The van der Waals surface area contributed by atoms with Crippen molar-refractivity contribution in [2.45, 2.75) is 31.0 Å². The SMILES string of the molecule is O=C(O)[C@H](Cc1c[nH]cn1)NC(=O)[C@@H]1C[C@@H](O)CN1. The van der Waals surface area contributed by atoms with Gasteiger partial charge in [-0.05, 0) is 6.42 Å². The molecule has 0 bridgehead atoms. The minimum absolute atomic E-state index is 0.111. The molecule has 1 aromatic heterocycles. The van der Waals surface area contributed by atoms with E-state index in [1.165, 1.54) is 6.33 Å². The third-order valence-corrected chi connectivity index (χ3v) is 3.01. The highest BCUT2D eigenvalue weighted by Gasteiger charge is 2.31. The van der Waals surface area contributed by atoms with E-state index >= 15 is 0 Å². The molecule has 2 rings (SSSR count). The number of aliphatic hydroxyl groups is 1. The van der Waals surface area contributed by atoms with Crippen LogP contribution in [-0.2, 0) is 16.0 Å². The summed E-state index contributed by atoms with van der Waals surface area (Å²) in [4.78, 5) is 29.6. The summed E-state index contributed by atoms with van der Waals surface area (Å²) < 4.78 is 0. The Morgan fingerprint density at radius 2 is 2.37 bits per heavy atom. The summed E-state index contributed by atoms with van der Waals surface area (Å²) in [7, 11) is 0. The number of carboxylic acid groups (broad SMARTS) is 1. The second kappa shape index (κ2) is 5.81. The van der Waals surface area contributed by atoms with Crippen LogP contribution >= 0.6 is 0 Å². The lowest BCUT2D eigenvalue weighted by atomic mass is 10.1. The topological polar surface area (TPSA) is 127 Å². The molecule has 8 heteroatoms. The monoisotopic (exact) mass is 268 g/mol. The Morgan fingerprint density at radius 3 is 2.89 bits per heavy atom. The van der Waals surface area contributed by atoms with E-state index in [0.717, 1.165) is 0 Å². The Hall–Kier alpha value is -1.93. The van der Waals surface area contributed by atoms with Crippen LogP contribution in [0, 0.1) is 0 Å². The van der Waals surface area contributed by atoms with Crippen LogP contribution in [0.15, 0.2) is 12.5 Å². The van der Waals surface area contributed by atoms with E-state index < -0.39 is 30.1 Å². The first-order chi connectivity index (χ1) is 9.06. The van der Waals surface area contributed by atoms with Crippen molar-refractivity contribution >= 4 is 11.9 Å². The third-order valence-electron chi connectivity index (χ3n) is 3.01. The third kappa shape index (κ3) is 3.52. The molecule has 3 atom stereocenters. The van der Waals surface area contributed by atoms with Crippen molar-refractivity contribution in [1.82, 2.24) is 20.6 Å². The number of amides is 1. The van der Waals surface area contributed by atoms with E-state index in [0.29, 0.717) is 18.7 Å². The quantitative estimate of drug-likeness (QED) is 0.430. The summed E-state index contributed by atoms with van der Waals surface area (Å²) >= 11 is 0. The number of aliphatic carboxylic acids is 1. The number of nitrogens with one attached hydrogen (secondary N) is 3. The summed E-state index contributed by atoms with van der Waals surface area (Å²) in [6, 6.07) is -1.58.